The second kappa shape index (κ2) is 5.21. The zero-order valence-corrected chi connectivity index (χ0v) is 13.8. The molecule has 1 amide bonds. The van der Waals surface area contributed by atoms with Crippen molar-refractivity contribution in [3.05, 3.63) is 51.7 Å². The lowest BCUT2D eigenvalue weighted by atomic mass is 9.89. The lowest BCUT2D eigenvalue weighted by Crippen LogP contribution is -2.47. The Bertz CT molecular complexity index is 710. The first-order chi connectivity index (χ1) is 10.6. The number of hydrogen-bond acceptors (Lipinski definition) is 3. The van der Waals surface area contributed by atoms with Crippen molar-refractivity contribution in [1.29, 1.82) is 0 Å². The molecule has 1 aromatic carbocycles. The number of carbonyl (C=O) groups is 1. The molecule has 1 saturated heterocycles. The van der Waals surface area contributed by atoms with Crippen molar-refractivity contribution in [2.24, 2.45) is 0 Å². The molecule has 2 aromatic rings. The maximum Gasteiger partial charge on any atom is 0.268 e. The van der Waals surface area contributed by atoms with Gasteiger partial charge in [0.25, 0.3) is 5.91 Å². The molecule has 1 aromatic heterocycles. The van der Waals surface area contributed by atoms with E-state index < -0.39 is 0 Å². The number of nitrogens with zero attached hydrogens (tertiary/aromatic N) is 2. The van der Waals surface area contributed by atoms with Crippen LogP contribution in [0.15, 0.2) is 35.7 Å². The first-order valence-electron chi connectivity index (χ1n) is 7.81. The fraction of sp³-hybridized carbons (Fsp3) is 0.389. The molecule has 3 nitrogen and oxygen atoms in total. The molecule has 2 aliphatic heterocycles. The summed E-state index contributed by atoms with van der Waals surface area (Å²) in [6.45, 7) is 4.23. The third kappa shape index (κ3) is 2.09. The molecule has 3 heterocycles. The number of hydrogen-bond donors (Lipinski definition) is 0. The van der Waals surface area contributed by atoms with E-state index in [1.165, 1.54) is 22.5 Å². The van der Waals surface area contributed by atoms with E-state index in [-0.39, 0.29) is 5.91 Å². The Kier molecular flexibility index (Phi) is 3.31. The number of amides is 1. The number of benzene rings is 1. The zero-order chi connectivity index (χ0) is 15.3. The minimum Gasteiger partial charge on any atom is -0.306 e. The largest absolute Gasteiger partial charge is 0.306 e. The molecular formula is C18H20N2OS. The maximum absolute atomic E-state index is 13.0. The normalized spacial score (nSPS) is 24.2. The Morgan fingerprint density at radius 1 is 1.32 bits per heavy atom. The Hall–Kier alpha value is -1.65. The van der Waals surface area contributed by atoms with Crippen molar-refractivity contribution in [3.63, 3.8) is 0 Å². The highest BCUT2D eigenvalue weighted by atomic mass is 32.1. The molecule has 0 N–H and O–H groups in total. The predicted molar refractivity (Wildman–Crippen MR) is 91.0 cm³/mol. The average Bonchev–Trinajstić information content (AvgIpc) is 3.13. The van der Waals surface area contributed by atoms with Crippen LogP contribution >= 0.6 is 11.3 Å². The molecule has 4 rings (SSSR count). The van der Waals surface area contributed by atoms with E-state index in [4.69, 9.17) is 0 Å². The van der Waals surface area contributed by atoms with Crippen molar-refractivity contribution < 1.29 is 4.79 Å². The summed E-state index contributed by atoms with van der Waals surface area (Å²) < 4.78 is 0. The summed E-state index contributed by atoms with van der Waals surface area (Å²) in [5.74, 6) is 0.606. The van der Waals surface area contributed by atoms with Gasteiger partial charge in [-0.15, -0.1) is 11.3 Å². The number of carbonyl (C=O) groups excluding carboxylic acids is 1. The van der Waals surface area contributed by atoms with Gasteiger partial charge in [-0.2, -0.15) is 0 Å². The second-order valence-corrected chi connectivity index (χ2v) is 7.39. The molecule has 1 fully saturated rings. The van der Waals surface area contributed by atoms with Gasteiger partial charge in [-0.1, -0.05) is 23.8 Å². The highest BCUT2D eigenvalue weighted by molar-refractivity contribution is 7.12. The molecule has 2 aliphatic rings. The first kappa shape index (κ1) is 14.0. The van der Waals surface area contributed by atoms with Gasteiger partial charge in [0.05, 0.1) is 4.88 Å². The van der Waals surface area contributed by atoms with Gasteiger partial charge < -0.3 is 9.80 Å². The molecule has 22 heavy (non-hydrogen) atoms. The SMILES string of the molecule is Cc1ccc2c(c1)[C@H]1CN(C)CC[C@@H]1N2C(=O)c1cccs1. The van der Waals surface area contributed by atoms with Gasteiger partial charge >= 0.3 is 0 Å². The van der Waals surface area contributed by atoms with E-state index in [0.717, 1.165) is 30.1 Å². The van der Waals surface area contributed by atoms with E-state index in [0.29, 0.717) is 12.0 Å². The third-order valence-corrected chi connectivity index (χ3v) is 5.76. The van der Waals surface area contributed by atoms with Crippen molar-refractivity contribution in [2.45, 2.75) is 25.3 Å². The first-order valence-corrected chi connectivity index (χ1v) is 8.69. The molecule has 2 atom stereocenters. The van der Waals surface area contributed by atoms with Crippen molar-refractivity contribution in [2.75, 3.05) is 25.0 Å². The number of likely N-dealkylation sites (N-methyl/N-ethyl adjacent to an activating group) is 1. The summed E-state index contributed by atoms with van der Waals surface area (Å²) in [7, 11) is 2.18. The van der Waals surface area contributed by atoms with E-state index in [1.54, 1.807) is 0 Å². The number of rotatable bonds is 1. The molecule has 0 radical (unpaired) electrons. The van der Waals surface area contributed by atoms with Gasteiger partial charge in [0, 0.05) is 24.2 Å². The van der Waals surface area contributed by atoms with Crippen molar-refractivity contribution in [3.8, 4) is 0 Å². The summed E-state index contributed by atoms with van der Waals surface area (Å²) in [6.07, 6.45) is 1.05. The summed E-state index contributed by atoms with van der Waals surface area (Å²) >= 11 is 1.53. The lowest BCUT2D eigenvalue weighted by molar-refractivity contribution is 0.0968. The quantitative estimate of drug-likeness (QED) is 0.804. The molecule has 0 unspecified atom stereocenters. The van der Waals surface area contributed by atoms with Crippen LogP contribution in [0.2, 0.25) is 0 Å². The smallest absolute Gasteiger partial charge is 0.268 e. The average molecular weight is 312 g/mol. The fourth-order valence-corrected chi connectivity index (χ4v) is 4.53. The summed E-state index contributed by atoms with van der Waals surface area (Å²) in [5, 5.41) is 1.98. The van der Waals surface area contributed by atoms with Crippen LogP contribution in [-0.2, 0) is 0 Å². The molecule has 4 heteroatoms. The molecule has 0 spiro atoms. The molecular weight excluding hydrogens is 292 g/mol. The minimum atomic E-state index is 0.164. The van der Waals surface area contributed by atoms with Gasteiger partial charge in [0.2, 0.25) is 0 Å². The van der Waals surface area contributed by atoms with Crippen LogP contribution in [0.1, 0.15) is 33.1 Å². The molecule has 0 saturated carbocycles. The van der Waals surface area contributed by atoms with Crippen molar-refractivity contribution >= 4 is 22.9 Å². The van der Waals surface area contributed by atoms with Gasteiger partial charge in [0.1, 0.15) is 0 Å². The molecule has 0 aliphatic carbocycles. The van der Waals surface area contributed by atoms with Crippen LogP contribution in [-0.4, -0.2) is 37.0 Å². The van der Waals surface area contributed by atoms with Crippen LogP contribution in [0.5, 0.6) is 0 Å². The Balaban J connectivity index is 1.80. The van der Waals surface area contributed by atoms with E-state index >= 15 is 0 Å². The van der Waals surface area contributed by atoms with Gasteiger partial charge in [-0.3, -0.25) is 4.79 Å². The molecule has 114 valence electrons. The maximum atomic E-state index is 13.0. The Morgan fingerprint density at radius 3 is 2.95 bits per heavy atom. The zero-order valence-electron chi connectivity index (χ0n) is 13.0. The summed E-state index contributed by atoms with van der Waals surface area (Å²) in [5.41, 5.74) is 3.74. The monoisotopic (exact) mass is 312 g/mol. The number of fused-ring (bicyclic) bond motifs is 3. The summed E-state index contributed by atoms with van der Waals surface area (Å²) in [4.78, 5) is 18.3. The number of aryl methyl sites for hydroxylation is 1. The third-order valence-electron chi connectivity index (χ3n) is 4.90. The number of thiophene rings is 1. The van der Waals surface area contributed by atoms with Crippen LogP contribution in [0.3, 0.4) is 0 Å². The Labute approximate surface area is 135 Å². The topological polar surface area (TPSA) is 23.6 Å². The van der Waals surface area contributed by atoms with E-state index in [2.05, 4.69) is 42.0 Å². The second-order valence-electron chi connectivity index (χ2n) is 6.44. The van der Waals surface area contributed by atoms with Crippen molar-refractivity contribution in [1.82, 2.24) is 4.90 Å². The van der Waals surface area contributed by atoms with Gasteiger partial charge in [-0.05, 0) is 50.0 Å². The number of likely N-dealkylation sites (tertiary alicyclic amines) is 1. The fourth-order valence-electron chi connectivity index (χ4n) is 3.87. The Morgan fingerprint density at radius 2 is 2.18 bits per heavy atom. The van der Waals surface area contributed by atoms with Crippen LogP contribution in [0.4, 0.5) is 5.69 Å². The molecule has 0 bridgehead atoms. The predicted octanol–water partition coefficient (Wildman–Crippen LogP) is 3.50. The number of piperidine rings is 1. The van der Waals surface area contributed by atoms with E-state index in [9.17, 15) is 4.79 Å². The highest BCUT2D eigenvalue weighted by Gasteiger charge is 2.44. The summed E-state index contributed by atoms with van der Waals surface area (Å²) in [6, 6.07) is 10.7. The highest BCUT2D eigenvalue weighted by Crippen LogP contribution is 2.45. The van der Waals surface area contributed by atoms with Crippen LogP contribution in [0, 0.1) is 6.92 Å². The van der Waals surface area contributed by atoms with Gasteiger partial charge in [0.15, 0.2) is 0 Å². The van der Waals surface area contributed by atoms with E-state index in [1.807, 2.05) is 17.5 Å². The van der Waals surface area contributed by atoms with Gasteiger partial charge in [-0.25, -0.2) is 0 Å². The standard InChI is InChI=1S/C18H20N2OS/c1-12-5-6-15-13(10-12)14-11-19(2)8-7-16(14)20(15)18(21)17-4-3-9-22-17/h3-6,9-10,14,16H,7-8,11H2,1-2H3/t14-,16+/m1/s1. The van der Waals surface area contributed by atoms with Crippen LogP contribution < -0.4 is 4.90 Å². The number of anilines is 1. The lowest BCUT2D eigenvalue weighted by Gasteiger charge is -2.36. The van der Waals surface area contributed by atoms with Crippen LogP contribution in [0.25, 0.3) is 0 Å². The minimum absolute atomic E-state index is 0.164.